The first-order valence-electron chi connectivity index (χ1n) is 6.01. The van der Waals surface area contributed by atoms with Gasteiger partial charge in [0.15, 0.2) is 0 Å². The Morgan fingerprint density at radius 3 is 2.42 bits per heavy atom. The molecule has 1 unspecified atom stereocenters. The molecule has 0 saturated carbocycles. The summed E-state index contributed by atoms with van der Waals surface area (Å²) < 4.78 is 27.9. The standard InChI is InChI=1S/C14H14BrF2NS/c1-3-10-4-5-13(19-10)8(2)18-14-11(16)6-9(15)7-12(14)17/h4-8,18H,3H2,1-2H3. The van der Waals surface area contributed by atoms with E-state index in [1.807, 2.05) is 19.1 Å². The molecule has 0 radical (unpaired) electrons. The van der Waals surface area contributed by atoms with Crippen LogP contribution in [0.5, 0.6) is 0 Å². The highest BCUT2D eigenvalue weighted by Crippen LogP contribution is 2.30. The summed E-state index contributed by atoms with van der Waals surface area (Å²) >= 11 is 4.72. The second-order valence-electron chi connectivity index (χ2n) is 4.27. The molecule has 1 N–H and O–H groups in total. The molecule has 2 rings (SSSR count). The highest BCUT2D eigenvalue weighted by molar-refractivity contribution is 9.10. The SMILES string of the molecule is CCc1ccc(C(C)Nc2c(F)cc(Br)cc2F)s1. The molecule has 0 bridgehead atoms. The molecule has 0 spiro atoms. The van der Waals surface area contributed by atoms with E-state index in [0.29, 0.717) is 4.47 Å². The van der Waals surface area contributed by atoms with Gasteiger partial charge in [0.2, 0.25) is 0 Å². The zero-order valence-electron chi connectivity index (χ0n) is 10.6. The Bertz CT molecular complexity index is 560. The zero-order valence-corrected chi connectivity index (χ0v) is 13.0. The molecule has 2 aromatic rings. The van der Waals surface area contributed by atoms with Gasteiger partial charge in [0.25, 0.3) is 0 Å². The molecule has 1 nitrogen and oxygen atoms in total. The number of hydrogen-bond acceptors (Lipinski definition) is 2. The van der Waals surface area contributed by atoms with E-state index < -0.39 is 11.6 Å². The van der Waals surface area contributed by atoms with Crippen molar-refractivity contribution < 1.29 is 8.78 Å². The maximum atomic E-state index is 13.7. The fraction of sp³-hybridized carbons (Fsp3) is 0.286. The van der Waals surface area contributed by atoms with Crippen LogP contribution in [0.3, 0.4) is 0 Å². The van der Waals surface area contributed by atoms with E-state index >= 15 is 0 Å². The normalized spacial score (nSPS) is 12.5. The highest BCUT2D eigenvalue weighted by Gasteiger charge is 2.15. The van der Waals surface area contributed by atoms with Crippen molar-refractivity contribution in [3.05, 3.63) is 50.1 Å². The summed E-state index contributed by atoms with van der Waals surface area (Å²) in [6, 6.07) is 6.42. The van der Waals surface area contributed by atoms with Crippen molar-refractivity contribution in [1.29, 1.82) is 0 Å². The molecule has 0 aliphatic carbocycles. The van der Waals surface area contributed by atoms with E-state index in [4.69, 9.17) is 0 Å². The minimum atomic E-state index is -0.592. The van der Waals surface area contributed by atoms with Gasteiger partial charge < -0.3 is 5.32 Å². The monoisotopic (exact) mass is 345 g/mol. The van der Waals surface area contributed by atoms with Crippen LogP contribution in [-0.2, 0) is 6.42 Å². The van der Waals surface area contributed by atoms with Gasteiger partial charge in [-0.15, -0.1) is 11.3 Å². The molecular formula is C14H14BrF2NS. The number of nitrogens with one attached hydrogen (secondary N) is 1. The lowest BCUT2D eigenvalue weighted by atomic mass is 10.2. The van der Waals surface area contributed by atoms with E-state index in [2.05, 4.69) is 28.2 Å². The molecule has 1 heterocycles. The number of halogens is 3. The molecular weight excluding hydrogens is 332 g/mol. The molecule has 0 saturated heterocycles. The third-order valence-corrected chi connectivity index (χ3v) is 4.70. The van der Waals surface area contributed by atoms with Crippen molar-refractivity contribution in [2.45, 2.75) is 26.3 Å². The van der Waals surface area contributed by atoms with Crippen LogP contribution < -0.4 is 5.32 Å². The van der Waals surface area contributed by atoms with Gasteiger partial charge in [-0.25, -0.2) is 8.78 Å². The van der Waals surface area contributed by atoms with Gasteiger partial charge in [0, 0.05) is 14.2 Å². The summed E-state index contributed by atoms with van der Waals surface area (Å²) in [5.41, 5.74) is -0.0813. The van der Waals surface area contributed by atoms with E-state index in [1.54, 1.807) is 11.3 Å². The minimum Gasteiger partial charge on any atom is -0.373 e. The Morgan fingerprint density at radius 1 is 1.26 bits per heavy atom. The van der Waals surface area contributed by atoms with Gasteiger partial charge >= 0.3 is 0 Å². The fourth-order valence-electron chi connectivity index (χ4n) is 1.78. The van der Waals surface area contributed by atoms with Crippen LogP contribution in [0.25, 0.3) is 0 Å². The summed E-state index contributed by atoms with van der Waals surface area (Å²) in [6.07, 6.45) is 0.971. The average molecular weight is 346 g/mol. The second kappa shape index (κ2) is 6.01. The van der Waals surface area contributed by atoms with Gasteiger partial charge in [0.05, 0.1) is 6.04 Å². The van der Waals surface area contributed by atoms with Gasteiger partial charge in [-0.2, -0.15) is 0 Å². The van der Waals surface area contributed by atoms with Crippen LogP contribution in [0.2, 0.25) is 0 Å². The zero-order chi connectivity index (χ0) is 14.0. The quantitative estimate of drug-likeness (QED) is 0.768. The second-order valence-corrected chi connectivity index (χ2v) is 6.38. The van der Waals surface area contributed by atoms with E-state index in [-0.39, 0.29) is 11.7 Å². The van der Waals surface area contributed by atoms with Crippen molar-refractivity contribution in [3.8, 4) is 0 Å². The van der Waals surface area contributed by atoms with Gasteiger partial charge in [0.1, 0.15) is 17.3 Å². The fourth-order valence-corrected chi connectivity index (χ4v) is 3.14. The third-order valence-electron chi connectivity index (χ3n) is 2.83. The van der Waals surface area contributed by atoms with Gasteiger partial charge in [-0.1, -0.05) is 22.9 Å². The van der Waals surface area contributed by atoms with E-state index in [9.17, 15) is 8.78 Å². The van der Waals surface area contributed by atoms with Crippen LogP contribution in [0.1, 0.15) is 29.6 Å². The number of benzene rings is 1. The highest BCUT2D eigenvalue weighted by atomic mass is 79.9. The lowest BCUT2D eigenvalue weighted by molar-refractivity contribution is 0.583. The first-order valence-corrected chi connectivity index (χ1v) is 7.62. The molecule has 1 aromatic heterocycles. The van der Waals surface area contributed by atoms with Gasteiger partial charge in [-0.3, -0.25) is 0 Å². The molecule has 5 heteroatoms. The van der Waals surface area contributed by atoms with Crippen LogP contribution in [0, 0.1) is 11.6 Å². The molecule has 19 heavy (non-hydrogen) atoms. The predicted molar refractivity (Wildman–Crippen MR) is 79.8 cm³/mol. The number of anilines is 1. The lowest BCUT2D eigenvalue weighted by Crippen LogP contribution is -2.08. The molecule has 0 aliphatic rings. The van der Waals surface area contributed by atoms with Crippen molar-refractivity contribution >= 4 is 33.0 Å². The van der Waals surface area contributed by atoms with Crippen molar-refractivity contribution in [1.82, 2.24) is 0 Å². The Hall–Kier alpha value is -0.940. The van der Waals surface area contributed by atoms with Gasteiger partial charge in [-0.05, 0) is 37.6 Å². The topological polar surface area (TPSA) is 12.0 Å². The maximum Gasteiger partial charge on any atom is 0.150 e. The number of thiophene rings is 1. The largest absolute Gasteiger partial charge is 0.373 e. The van der Waals surface area contributed by atoms with Crippen LogP contribution in [0.15, 0.2) is 28.7 Å². The predicted octanol–water partition coefficient (Wildman–Crippen LogP) is 5.52. The number of hydrogen-bond donors (Lipinski definition) is 1. The van der Waals surface area contributed by atoms with Crippen molar-refractivity contribution in [3.63, 3.8) is 0 Å². The summed E-state index contributed by atoms with van der Waals surface area (Å²) in [5, 5.41) is 2.90. The van der Waals surface area contributed by atoms with Crippen LogP contribution >= 0.6 is 27.3 Å². The van der Waals surface area contributed by atoms with Crippen LogP contribution in [0.4, 0.5) is 14.5 Å². The number of rotatable bonds is 4. The minimum absolute atomic E-state index is 0.0813. The summed E-state index contributed by atoms with van der Waals surface area (Å²) in [5.74, 6) is -1.18. The smallest absolute Gasteiger partial charge is 0.150 e. The van der Waals surface area contributed by atoms with E-state index in [1.165, 1.54) is 17.0 Å². The first-order chi connectivity index (χ1) is 9.01. The lowest BCUT2D eigenvalue weighted by Gasteiger charge is -2.15. The summed E-state index contributed by atoms with van der Waals surface area (Å²) in [7, 11) is 0. The Morgan fingerprint density at radius 2 is 1.89 bits per heavy atom. The Balaban J connectivity index is 2.21. The maximum absolute atomic E-state index is 13.7. The van der Waals surface area contributed by atoms with Crippen LogP contribution in [-0.4, -0.2) is 0 Å². The Labute approximate surface area is 123 Å². The summed E-state index contributed by atoms with van der Waals surface area (Å²) in [6.45, 7) is 3.98. The molecule has 1 atom stereocenters. The molecule has 0 fully saturated rings. The van der Waals surface area contributed by atoms with E-state index in [0.717, 1.165) is 11.3 Å². The molecule has 0 amide bonds. The molecule has 0 aliphatic heterocycles. The Kier molecular flexibility index (Phi) is 4.58. The molecule has 102 valence electrons. The number of aryl methyl sites for hydroxylation is 1. The summed E-state index contributed by atoms with van der Waals surface area (Å²) in [4.78, 5) is 2.33. The van der Waals surface area contributed by atoms with Crippen molar-refractivity contribution in [2.24, 2.45) is 0 Å². The molecule has 1 aromatic carbocycles. The van der Waals surface area contributed by atoms with Crippen molar-refractivity contribution in [2.75, 3.05) is 5.32 Å². The first kappa shape index (κ1) is 14.5. The third kappa shape index (κ3) is 3.34. The average Bonchev–Trinajstić information content (AvgIpc) is 2.82.